The van der Waals surface area contributed by atoms with E-state index in [1.54, 1.807) is 0 Å². The smallest absolute Gasteiger partial charge is 0.249 e. The number of nitrogens with one attached hydrogen (secondary N) is 2. The molecule has 10 heteroatoms. The molecule has 19 heavy (non-hydrogen) atoms. The van der Waals surface area contributed by atoms with E-state index in [4.69, 9.17) is 5.73 Å². The number of H-pyrrole nitrogens is 1. The largest absolute Gasteiger partial charge is 0.383 e. The second kappa shape index (κ2) is 4.03. The summed E-state index contributed by atoms with van der Waals surface area (Å²) in [5, 5.41) is 7.92. The van der Waals surface area contributed by atoms with Crippen LogP contribution in [0.1, 0.15) is 13.8 Å². The van der Waals surface area contributed by atoms with E-state index in [0.717, 1.165) is 10.5 Å². The molecule has 0 aromatic carbocycles. The molecule has 2 heterocycles. The number of rotatable bonds is 2. The van der Waals surface area contributed by atoms with Crippen molar-refractivity contribution in [2.75, 3.05) is 12.3 Å². The number of anilines is 1. The Balaban J connectivity index is 2.53. The molecule has 0 bridgehead atoms. The van der Waals surface area contributed by atoms with Crippen LogP contribution in [0.5, 0.6) is 0 Å². The van der Waals surface area contributed by atoms with E-state index in [1.807, 2.05) is 0 Å². The highest BCUT2D eigenvalue weighted by Gasteiger charge is 2.48. The van der Waals surface area contributed by atoms with E-state index in [9.17, 15) is 18.0 Å². The molecular formula is C9H13N5O4S. The number of piperazine rings is 1. The molecule has 104 valence electrons. The van der Waals surface area contributed by atoms with Crippen LogP contribution in [0, 0.1) is 0 Å². The lowest BCUT2D eigenvalue weighted by Gasteiger charge is -2.38. The van der Waals surface area contributed by atoms with Crippen LogP contribution in [0.25, 0.3) is 0 Å². The Kier molecular flexibility index (Phi) is 2.86. The number of nitrogens with two attached hydrogens (primary N) is 1. The predicted octanol–water partition coefficient (Wildman–Crippen LogP) is -1.58. The maximum absolute atomic E-state index is 12.4. The molecule has 0 spiro atoms. The van der Waals surface area contributed by atoms with Crippen molar-refractivity contribution < 1.29 is 18.0 Å². The van der Waals surface area contributed by atoms with Crippen LogP contribution in [0.2, 0.25) is 0 Å². The van der Waals surface area contributed by atoms with Gasteiger partial charge in [-0.25, -0.2) is 8.42 Å². The fourth-order valence-electron chi connectivity index (χ4n) is 1.76. The van der Waals surface area contributed by atoms with E-state index in [1.165, 1.54) is 13.8 Å². The molecule has 9 nitrogen and oxygen atoms in total. The molecule has 0 saturated carbocycles. The second-order valence-corrected chi connectivity index (χ2v) is 6.43. The van der Waals surface area contributed by atoms with Crippen molar-refractivity contribution in [3.05, 3.63) is 6.20 Å². The maximum Gasteiger partial charge on any atom is 0.249 e. The van der Waals surface area contributed by atoms with Gasteiger partial charge in [-0.2, -0.15) is 9.40 Å². The number of amides is 2. The standard InChI is InChI=1S/C9H13N5O4S/c1-9(2)8(16)12-6(15)4-14(9)19(17,18)5-3-11-13-7(5)10/h3H,4H2,1-2H3,(H3,10,11,13)(H,12,15,16). The third kappa shape index (κ3) is 1.98. The Morgan fingerprint density at radius 1 is 1.42 bits per heavy atom. The number of sulfonamides is 1. The first-order chi connectivity index (χ1) is 8.67. The van der Waals surface area contributed by atoms with Gasteiger partial charge in [0.1, 0.15) is 16.3 Å². The zero-order chi connectivity index (χ0) is 14.4. The summed E-state index contributed by atoms with van der Waals surface area (Å²) in [6.45, 7) is 2.36. The van der Waals surface area contributed by atoms with Gasteiger partial charge in [0.2, 0.25) is 21.8 Å². The summed E-state index contributed by atoms with van der Waals surface area (Å²) < 4.78 is 25.7. The fourth-order valence-corrected chi connectivity index (χ4v) is 3.47. The summed E-state index contributed by atoms with van der Waals surface area (Å²) in [6.07, 6.45) is 1.04. The first-order valence-electron chi connectivity index (χ1n) is 5.33. The van der Waals surface area contributed by atoms with Gasteiger partial charge < -0.3 is 5.73 Å². The normalized spacial score (nSPS) is 20.3. The highest BCUT2D eigenvalue weighted by Crippen LogP contribution is 2.28. The lowest BCUT2D eigenvalue weighted by atomic mass is 10.0. The van der Waals surface area contributed by atoms with Gasteiger partial charge in [-0.15, -0.1) is 0 Å². The molecule has 4 N–H and O–H groups in total. The van der Waals surface area contributed by atoms with Gasteiger partial charge in [0.15, 0.2) is 0 Å². The van der Waals surface area contributed by atoms with Gasteiger partial charge in [0, 0.05) is 0 Å². The molecule has 1 aromatic rings. The molecule has 0 atom stereocenters. The topological polar surface area (TPSA) is 138 Å². The van der Waals surface area contributed by atoms with Crippen molar-refractivity contribution in [1.29, 1.82) is 0 Å². The van der Waals surface area contributed by atoms with Gasteiger partial charge in [0.05, 0.1) is 12.7 Å². The van der Waals surface area contributed by atoms with Gasteiger partial charge >= 0.3 is 0 Å². The number of hydrogen-bond acceptors (Lipinski definition) is 6. The summed E-state index contributed by atoms with van der Waals surface area (Å²) in [5.74, 6) is -1.52. The average Bonchev–Trinajstić information content (AvgIpc) is 2.70. The first kappa shape index (κ1) is 13.5. The molecule has 0 aliphatic carbocycles. The molecule has 1 aromatic heterocycles. The Labute approximate surface area is 109 Å². The number of aromatic amines is 1. The summed E-state index contributed by atoms with van der Waals surface area (Å²) in [7, 11) is -4.09. The minimum atomic E-state index is -4.09. The molecule has 1 aliphatic heterocycles. The Morgan fingerprint density at radius 2 is 2.05 bits per heavy atom. The second-order valence-electron chi connectivity index (χ2n) is 4.60. The first-order valence-corrected chi connectivity index (χ1v) is 6.77. The molecule has 2 rings (SSSR count). The van der Waals surface area contributed by atoms with E-state index in [-0.39, 0.29) is 10.7 Å². The van der Waals surface area contributed by atoms with Crippen LogP contribution in [0.15, 0.2) is 11.1 Å². The van der Waals surface area contributed by atoms with E-state index in [2.05, 4.69) is 15.5 Å². The summed E-state index contributed by atoms with van der Waals surface area (Å²) in [5.41, 5.74) is 4.09. The van der Waals surface area contributed by atoms with Gasteiger partial charge in [-0.3, -0.25) is 20.0 Å². The van der Waals surface area contributed by atoms with E-state index in [0.29, 0.717) is 0 Å². The van der Waals surface area contributed by atoms with Crippen LogP contribution in [0.3, 0.4) is 0 Å². The molecule has 0 unspecified atom stereocenters. The van der Waals surface area contributed by atoms with Crippen LogP contribution >= 0.6 is 0 Å². The average molecular weight is 287 g/mol. The SMILES string of the molecule is CC1(C)C(=O)NC(=O)CN1S(=O)(=O)c1cn[nH]c1N. The van der Waals surface area contributed by atoms with Crippen LogP contribution in [-0.4, -0.2) is 46.8 Å². The maximum atomic E-state index is 12.4. The quantitative estimate of drug-likeness (QED) is 0.561. The van der Waals surface area contributed by atoms with Crippen molar-refractivity contribution in [3.63, 3.8) is 0 Å². The van der Waals surface area contributed by atoms with Gasteiger partial charge in [-0.05, 0) is 13.8 Å². The summed E-state index contributed by atoms with van der Waals surface area (Å²) in [4.78, 5) is 22.9. The molecule has 1 aliphatic rings. The molecule has 0 radical (unpaired) electrons. The monoisotopic (exact) mass is 287 g/mol. The number of aromatic nitrogens is 2. The number of hydrogen-bond donors (Lipinski definition) is 3. The van der Waals surface area contributed by atoms with Crippen molar-refractivity contribution in [1.82, 2.24) is 19.8 Å². The van der Waals surface area contributed by atoms with Crippen molar-refractivity contribution in [2.24, 2.45) is 0 Å². The zero-order valence-corrected chi connectivity index (χ0v) is 11.1. The summed E-state index contributed by atoms with van der Waals surface area (Å²) in [6, 6.07) is 0. The lowest BCUT2D eigenvalue weighted by molar-refractivity contribution is -0.141. The molecule has 1 fully saturated rings. The molecular weight excluding hydrogens is 274 g/mol. The lowest BCUT2D eigenvalue weighted by Crippen LogP contribution is -2.65. The Hall–Kier alpha value is -1.94. The van der Waals surface area contributed by atoms with Gasteiger partial charge in [-0.1, -0.05) is 0 Å². The number of imide groups is 1. The van der Waals surface area contributed by atoms with Crippen molar-refractivity contribution in [2.45, 2.75) is 24.3 Å². The number of nitrogens with zero attached hydrogens (tertiary/aromatic N) is 2. The Morgan fingerprint density at radius 3 is 2.58 bits per heavy atom. The number of carbonyl (C=O) groups excluding carboxylic acids is 2. The number of nitrogen functional groups attached to an aromatic ring is 1. The van der Waals surface area contributed by atoms with Crippen LogP contribution < -0.4 is 11.1 Å². The van der Waals surface area contributed by atoms with Crippen molar-refractivity contribution in [3.8, 4) is 0 Å². The minimum Gasteiger partial charge on any atom is -0.383 e. The molecule has 1 saturated heterocycles. The third-order valence-electron chi connectivity index (χ3n) is 2.92. The Bertz CT molecular complexity index is 647. The zero-order valence-electron chi connectivity index (χ0n) is 10.3. The van der Waals surface area contributed by atoms with Crippen LogP contribution in [0.4, 0.5) is 5.82 Å². The highest BCUT2D eigenvalue weighted by atomic mass is 32.2. The van der Waals surface area contributed by atoms with E-state index >= 15 is 0 Å². The fraction of sp³-hybridized carbons (Fsp3) is 0.444. The summed E-state index contributed by atoms with van der Waals surface area (Å²) >= 11 is 0. The molecule has 2 amide bonds. The van der Waals surface area contributed by atoms with Crippen LogP contribution in [-0.2, 0) is 19.6 Å². The third-order valence-corrected chi connectivity index (χ3v) is 4.97. The van der Waals surface area contributed by atoms with Gasteiger partial charge in [0.25, 0.3) is 0 Å². The predicted molar refractivity (Wildman–Crippen MR) is 64.1 cm³/mol. The van der Waals surface area contributed by atoms with Crippen molar-refractivity contribution >= 4 is 27.7 Å². The highest BCUT2D eigenvalue weighted by molar-refractivity contribution is 7.89. The minimum absolute atomic E-state index is 0.144. The van der Waals surface area contributed by atoms with E-state index < -0.39 is 33.9 Å². The number of carbonyl (C=O) groups is 2.